The van der Waals surface area contributed by atoms with Crippen molar-refractivity contribution in [2.75, 3.05) is 33.0 Å². The van der Waals surface area contributed by atoms with E-state index in [1.165, 1.54) is 83.5 Å². The second-order valence-electron chi connectivity index (χ2n) is 8.44. The summed E-state index contributed by atoms with van der Waals surface area (Å²) in [5.41, 5.74) is -0.865. The van der Waals surface area contributed by atoms with Crippen LogP contribution >= 0.6 is 8.00 Å². The zero-order chi connectivity index (χ0) is 21.6. The van der Waals surface area contributed by atoms with Crippen molar-refractivity contribution in [1.29, 1.82) is 0 Å². The Morgan fingerprint density at radius 2 is 1.10 bits per heavy atom. The van der Waals surface area contributed by atoms with Crippen LogP contribution in [0.15, 0.2) is 0 Å². The molecule has 0 fully saturated rings. The molecule has 0 aromatic rings. The lowest BCUT2D eigenvalue weighted by atomic mass is 9.93. The third kappa shape index (κ3) is 18.5. The molecule has 1 atom stereocenters. The Balaban J connectivity index is 3.41. The molecule has 29 heavy (non-hydrogen) atoms. The zero-order valence-electron chi connectivity index (χ0n) is 19.0. The normalized spacial score (nSPS) is 12.5. The van der Waals surface area contributed by atoms with Gasteiger partial charge >= 0.3 is 8.00 Å². The molecule has 3 N–H and O–H groups in total. The first kappa shape index (κ1) is 29.0. The summed E-state index contributed by atoms with van der Waals surface area (Å²) in [5, 5.41) is 19.0. The molecule has 0 heterocycles. The Bertz CT molecular complexity index is 361. The predicted octanol–water partition coefficient (Wildman–Crippen LogP) is 5.60. The Hall–Kier alpha value is -0.0300. The molecule has 0 aliphatic heterocycles. The summed E-state index contributed by atoms with van der Waals surface area (Å²) in [4.78, 5) is 9.15. The number of rotatable bonds is 23. The molecule has 0 saturated heterocycles. The standard InChI is InChI=1S/C23H48O5P/c1-3-4-5-6-7-8-9-10-11-12-13-14-15-16-17-18-27-21-23(19-24,20-25)22-28-29(2)26/h24-26H,2-22H2,1H3/q+1. The number of hydrogen-bond donors (Lipinski definition) is 3. The van der Waals surface area contributed by atoms with Crippen molar-refractivity contribution in [2.24, 2.45) is 5.41 Å². The highest BCUT2D eigenvalue weighted by atomic mass is 31.1. The summed E-state index contributed by atoms with van der Waals surface area (Å²) in [7, 11) is -1.74. The molecule has 0 aliphatic carbocycles. The topological polar surface area (TPSA) is 79.2 Å². The largest absolute Gasteiger partial charge is 0.420 e. The van der Waals surface area contributed by atoms with E-state index < -0.39 is 13.4 Å². The van der Waals surface area contributed by atoms with Gasteiger partial charge in [0.2, 0.25) is 0 Å². The van der Waals surface area contributed by atoms with Crippen molar-refractivity contribution in [3.8, 4) is 0 Å². The molecule has 0 aromatic heterocycles. The molecule has 1 unspecified atom stereocenters. The smallest absolute Gasteiger partial charge is 0.396 e. The summed E-state index contributed by atoms with van der Waals surface area (Å²) in [5.74, 6) is 0. The molecular formula is C23H48O5P+. The summed E-state index contributed by atoms with van der Waals surface area (Å²) in [6.45, 7) is 2.67. The fraction of sp³-hybridized carbons (Fsp3) is 0.957. The third-order valence-electron chi connectivity index (χ3n) is 5.49. The first-order valence-corrected chi connectivity index (χ1v) is 13.2. The Morgan fingerprint density at radius 3 is 1.48 bits per heavy atom. The van der Waals surface area contributed by atoms with Gasteiger partial charge in [0.1, 0.15) is 12.9 Å². The molecule has 0 saturated carbocycles. The van der Waals surface area contributed by atoms with Crippen molar-refractivity contribution >= 4 is 14.3 Å². The fourth-order valence-electron chi connectivity index (χ4n) is 3.35. The van der Waals surface area contributed by atoms with E-state index in [1.807, 2.05) is 0 Å². The minimum absolute atomic E-state index is 0.0462. The van der Waals surface area contributed by atoms with Gasteiger partial charge in [-0.3, -0.25) is 0 Å². The maximum absolute atomic E-state index is 9.51. The Labute approximate surface area is 180 Å². The predicted molar refractivity (Wildman–Crippen MR) is 125 cm³/mol. The number of ether oxygens (including phenoxy) is 1. The van der Waals surface area contributed by atoms with Gasteiger partial charge in [-0.05, 0) is 6.42 Å². The van der Waals surface area contributed by atoms with Crippen LogP contribution in [0.1, 0.15) is 103 Å². The van der Waals surface area contributed by atoms with E-state index in [0.717, 1.165) is 12.8 Å². The average Bonchev–Trinajstić information content (AvgIpc) is 2.72. The summed E-state index contributed by atoms with van der Waals surface area (Å²) in [6, 6.07) is 0. The molecule has 174 valence electrons. The highest BCUT2D eigenvalue weighted by Gasteiger charge is 2.32. The molecule has 0 aliphatic rings. The van der Waals surface area contributed by atoms with E-state index in [2.05, 4.69) is 13.2 Å². The van der Waals surface area contributed by atoms with Crippen LogP contribution < -0.4 is 0 Å². The van der Waals surface area contributed by atoms with Gasteiger partial charge in [0, 0.05) is 6.61 Å². The van der Waals surface area contributed by atoms with Crippen LogP contribution in [0.2, 0.25) is 0 Å². The van der Waals surface area contributed by atoms with Crippen LogP contribution in [0.25, 0.3) is 0 Å². The van der Waals surface area contributed by atoms with E-state index in [1.54, 1.807) is 0 Å². The fourth-order valence-corrected chi connectivity index (χ4v) is 3.77. The van der Waals surface area contributed by atoms with Crippen LogP contribution in [0, 0.1) is 5.41 Å². The zero-order valence-corrected chi connectivity index (χ0v) is 19.8. The number of aliphatic hydroxyl groups excluding tert-OH is 2. The number of aliphatic hydroxyl groups is 2. The van der Waals surface area contributed by atoms with Gasteiger partial charge in [-0.2, -0.15) is 9.42 Å². The first-order chi connectivity index (χ1) is 14.1. The Morgan fingerprint density at radius 1 is 0.690 bits per heavy atom. The lowest BCUT2D eigenvalue weighted by Gasteiger charge is -2.26. The molecule has 0 aromatic carbocycles. The molecule has 0 spiro atoms. The molecule has 0 rings (SSSR count). The van der Waals surface area contributed by atoms with Crippen molar-refractivity contribution in [1.82, 2.24) is 0 Å². The van der Waals surface area contributed by atoms with E-state index in [9.17, 15) is 10.2 Å². The second-order valence-corrected chi connectivity index (χ2v) is 9.41. The van der Waals surface area contributed by atoms with E-state index in [-0.39, 0.29) is 26.4 Å². The van der Waals surface area contributed by atoms with Gasteiger partial charge in [-0.1, -0.05) is 96.8 Å². The summed E-state index contributed by atoms with van der Waals surface area (Å²) >= 11 is 0. The summed E-state index contributed by atoms with van der Waals surface area (Å²) in [6.07, 6.45) is 23.4. The highest BCUT2D eigenvalue weighted by Crippen LogP contribution is 2.24. The quantitative estimate of drug-likeness (QED) is 0.144. The molecule has 6 heteroatoms. The monoisotopic (exact) mass is 435 g/mol. The average molecular weight is 436 g/mol. The van der Waals surface area contributed by atoms with Gasteiger partial charge in [-0.25, -0.2) is 0 Å². The van der Waals surface area contributed by atoms with Gasteiger partial charge in [0.15, 0.2) is 0 Å². The van der Waals surface area contributed by atoms with Crippen LogP contribution in [0.3, 0.4) is 0 Å². The number of unbranched alkanes of at least 4 members (excludes halogenated alkanes) is 14. The van der Waals surface area contributed by atoms with Gasteiger partial charge in [0.05, 0.1) is 25.2 Å². The van der Waals surface area contributed by atoms with Gasteiger partial charge < -0.3 is 14.9 Å². The second kappa shape index (κ2) is 21.2. The molecule has 0 bridgehead atoms. The Kier molecular flexibility index (Phi) is 21.2. The van der Waals surface area contributed by atoms with Crippen LogP contribution in [-0.2, 0) is 9.26 Å². The van der Waals surface area contributed by atoms with Crippen LogP contribution in [0.5, 0.6) is 0 Å². The molecule has 0 radical (unpaired) electrons. The van der Waals surface area contributed by atoms with Crippen molar-refractivity contribution in [3.63, 3.8) is 0 Å². The van der Waals surface area contributed by atoms with Crippen molar-refractivity contribution in [2.45, 2.75) is 103 Å². The number of hydrogen-bond acceptors (Lipinski definition) is 5. The van der Waals surface area contributed by atoms with Crippen LogP contribution in [-0.4, -0.2) is 54.4 Å². The van der Waals surface area contributed by atoms with E-state index in [0.29, 0.717) is 6.61 Å². The maximum Gasteiger partial charge on any atom is 0.420 e. The highest BCUT2D eigenvalue weighted by molar-refractivity contribution is 7.44. The lowest BCUT2D eigenvalue weighted by Crippen LogP contribution is -2.39. The maximum atomic E-state index is 9.51. The molecule has 0 amide bonds. The minimum atomic E-state index is -1.74. The van der Waals surface area contributed by atoms with E-state index in [4.69, 9.17) is 14.2 Å². The SMILES string of the molecule is C=[P+](O)OCC(CO)(CO)COCCCCCCCCCCCCCCCCC. The molecule has 5 nitrogen and oxygen atoms in total. The van der Waals surface area contributed by atoms with Gasteiger partial charge in [0.25, 0.3) is 0 Å². The first-order valence-electron chi connectivity index (χ1n) is 11.8. The van der Waals surface area contributed by atoms with Crippen molar-refractivity contribution in [3.05, 3.63) is 0 Å². The minimum Gasteiger partial charge on any atom is -0.396 e. The molecular weight excluding hydrogens is 387 g/mol. The van der Waals surface area contributed by atoms with Crippen molar-refractivity contribution < 1.29 is 24.4 Å². The van der Waals surface area contributed by atoms with Crippen LogP contribution in [0.4, 0.5) is 0 Å². The van der Waals surface area contributed by atoms with Gasteiger partial charge in [-0.15, -0.1) is 0 Å². The third-order valence-corrected chi connectivity index (χ3v) is 5.92. The summed E-state index contributed by atoms with van der Waals surface area (Å²) < 4.78 is 10.7. The lowest BCUT2D eigenvalue weighted by molar-refractivity contribution is -0.0514. The van der Waals surface area contributed by atoms with E-state index >= 15 is 0 Å².